The molecule has 4 rings (SSSR count). The van der Waals surface area contributed by atoms with Crippen LogP contribution in [0.3, 0.4) is 0 Å². The van der Waals surface area contributed by atoms with Gasteiger partial charge in [-0.25, -0.2) is 0 Å². The van der Waals surface area contributed by atoms with Gasteiger partial charge in [0.2, 0.25) is 0 Å². The van der Waals surface area contributed by atoms with E-state index in [0.717, 1.165) is 0 Å². The summed E-state index contributed by atoms with van der Waals surface area (Å²) in [7, 11) is -1.78. The van der Waals surface area contributed by atoms with E-state index in [1.807, 2.05) is 22.7 Å². The Labute approximate surface area is 219 Å². The molecule has 0 atom stereocenters. The van der Waals surface area contributed by atoms with Crippen molar-refractivity contribution >= 4 is 94.3 Å². The lowest BCUT2D eigenvalue weighted by Gasteiger charge is -2.30. The Hall–Kier alpha value is -0.0231. The lowest BCUT2D eigenvalue weighted by molar-refractivity contribution is 0.839. The van der Waals surface area contributed by atoms with Crippen LogP contribution in [0.15, 0.2) is 56.1 Å². The summed E-state index contributed by atoms with van der Waals surface area (Å²) in [6.45, 7) is 4.68. The smallest absolute Gasteiger partial charge is 0.143 e. The SMILES string of the molecule is CCCC[Si](CCCC)(c1ccc(-c2ccc(Br)s2)s1)c1ccc(-c2ccc(Br)s2)s1. The number of rotatable bonds is 10. The van der Waals surface area contributed by atoms with Crippen molar-refractivity contribution in [1.29, 1.82) is 0 Å². The molecular weight excluding hydrogens is 604 g/mol. The van der Waals surface area contributed by atoms with E-state index in [1.54, 1.807) is 9.00 Å². The second kappa shape index (κ2) is 10.9. The minimum atomic E-state index is -1.78. The zero-order chi connectivity index (χ0) is 21.8. The van der Waals surface area contributed by atoms with Crippen LogP contribution in [-0.2, 0) is 0 Å². The van der Waals surface area contributed by atoms with Crippen LogP contribution >= 0.6 is 77.2 Å². The van der Waals surface area contributed by atoms with Gasteiger partial charge in [-0.1, -0.05) is 51.7 Å². The summed E-state index contributed by atoms with van der Waals surface area (Å²) in [5, 5.41) is 0. The average molecular weight is 631 g/mol. The van der Waals surface area contributed by atoms with E-state index in [4.69, 9.17) is 0 Å². The first-order chi connectivity index (χ1) is 15.1. The van der Waals surface area contributed by atoms with Crippen molar-refractivity contribution in [2.24, 2.45) is 0 Å². The highest BCUT2D eigenvalue weighted by Gasteiger charge is 2.39. The predicted octanol–water partition coefficient (Wildman–Crippen LogP) is 9.95. The topological polar surface area (TPSA) is 0 Å². The molecule has 0 bridgehead atoms. The lowest BCUT2D eigenvalue weighted by atomic mass is 10.4. The van der Waals surface area contributed by atoms with Crippen LogP contribution in [0.2, 0.25) is 12.1 Å². The van der Waals surface area contributed by atoms with Gasteiger partial charge < -0.3 is 0 Å². The molecule has 0 aliphatic heterocycles. The summed E-state index contributed by atoms with van der Waals surface area (Å²) in [6, 6.07) is 21.3. The molecule has 7 heteroatoms. The van der Waals surface area contributed by atoms with Gasteiger partial charge in [-0.3, -0.25) is 0 Å². The average Bonchev–Trinajstić information content (AvgIpc) is 3.55. The van der Waals surface area contributed by atoms with E-state index in [-0.39, 0.29) is 0 Å². The van der Waals surface area contributed by atoms with Gasteiger partial charge in [0.05, 0.1) is 7.57 Å². The maximum Gasteiger partial charge on any atom is 0.143 e. The Morgan fingerprint density at radius 2 is 0.968 bits per heavy atom. The summed E-state index contributed by atoms with van der Waals surface area (Å²) in [5.41, 5.74) is 0. The van der Waals surface area contributed by atoms with Gasteiger partial charge in [0.25, 0.3) is 0 Å². The van der Waals surface area contributed by atoms with Crippen LogP contribution in [0, 0.1) is 0 Å². The van der Waals surface area contributed by atoms with E-state index in [1.165, 1.54) is 64.9 Å². The molecule has 0 unspecified atom stereocenters. The van der Waals surface area contributed by atoms with Gasteiger partial charge in [0.1, 0.15) is 8.07 Å². The van der Waals surface area contributed by atoms with E-state index in [2.05, 4.69) is 117 Å². The molecule has 0 radical (unpaired) electrons. The van der Waals surface area contributed by atoms with Crippen molar-refractivity contribution in [2.75, 3.05) is 0 Å². The first kappa shape index (κ1) is 24.1. The van der Waals surface area contributed by atoms with Crippen molar-refractivity contribution in [3.8, 4) is 19.5 Å². The molecule has 164 valence electrons. The highest BCUT2D eigenvalue weighted by Crippen LogP contribution is 2.38. The van der Waals surface area contributed by atoms with Gasteiger partial charge in [0.15, 0.2) is 0 Å². The fourth-order valence-corrected chi connectivity index (χ4v) is 17.0. The summed E-state index contributed by atoms with van der Waals surface area (Å²) < 4.78 is 5.77. The Morgan fingerprint density at radius 1 is 0.581 bits per heavy atom. The normalized spacial score (nSPS) is 12.0. The van der Waals surface area contributed by atoms with Crippen molar-refractivity contribution in [1.82, 2.24) is 0 Å². The van der Waals surface area contributed by atoms with E-state index < -0.39 is 8.07 Å². The third kappa shape index (κ3) is 5.39. The minimum Gasteiger partial charge on any atom is -0.144 e. The van der Waals surface area contributed by atoms with E-state index in [9.17, 15) is 0 Å². The minimum absolute atomic E-state index is 1.21. The van der Waals surface area contributed by atoms with Crippen molar-refractivity contribution in [3.63, 3.8) is 0 Å². The highest BCUT2D eigenvalue weighted by molar-refractivity contribution is 9.11. The second-order valence-electron chi connectivity index (χ2n) is 7.82. The standard InChI is InChI=1S/C24H26Br2S4Si/c1-3-5-15-31(16-6-4-2,23-13-9-19(29-23)17-7-11-21(25)27-17)24-14-10-20(30-24)18-8-12-22(26)28-18/h7-14H,3-6,15-16H2,1-2H3. The van der Waals surface area contributed by atoms with E-state index >= 15 is 0 Å². The number of unbranched alkanes of at least 4 members (excludes halogenated alkanes) is 2. The second-order valence-corrected chi connectivity index (χ2v) is 19.9. The highest BCUT2D eigenvalue weighted by atomic mass is 79.9. The molecule has 4 aromatic rings. The molecule has 0 aromatic carbocycles. The molecular formula is C24H26Br2S4Si. The number of halogens is 2. The molecule has 0 saturated heterocycles. The Kier molecular flexibility index (Phi) is 8.51. The van der Waals surface area contributed by atoms with Crippen molar-refractivity contribution < 1.29 is 0 Å². The van der Waals surface area contributed by atoms with Crippen LogP contribution in [0.1, 0.15) is 39.5 Å². The molecule has 0 saturated carbocycles. The van der Waals surface area contributed by atoms with Gasteiger partial charge >= 0.3 is 0 Å². The van der Waals surface area contributed by atoms with E-state index in [0.29, 0.717) is 0 Å². The molecule has 4 heterocycles. The van der Waals surface area contributed by atoms with Crippen molar-refractivity contribution in [3.05, 3.63) is 56.1 Å². The maximum absolute atomic E-state index is 3.64. The Bertz CT molecular complexity index is 1030. The molecule has 0 N–H and O–H groups in total. The molecule has 31 heavy (non-hydrogen) atoms. The predicted molar refractivity (Wildman–Crippen MR) is 155 cm³/mol. The Morgan fingerprint density at radius 3 is 1.32 bits per heavy atom. The van der Waals surface area contributed by atoms with Gasteiger partial charge in [-0.2, -0.15) is 0 Å². The number of hydrogen-bond acceptors (Lipinski definition) is 4. The monoisotopic (exact) mass is 628 g/mol. The first-order valence-electron chi connectivity index (χ1n) is 10.8. The van der Waals surface area contributed by atoms with Gasteiger partial charge in [-0.05, 0) is 89.3 Å². The third-order valence-electron chi connectivity index (χ3n) is 5.70. The van der Waals surface area contributed by atoms with Gasteiger partial charge in [0, 0.05) is 19.5 Å². The van der Waals surface area contributed by atoms with Crippen LogP contribution in [0.5, 0.6) is 0 Å². The lowest BCUT2D eigenvalue weighted by Crippen LogP contribution is -2.55. The Balaban J connectivity index is 1.77. The molecule has 0 amide bonds. The van der Waals surface area contributed by atoms with Crippen LogP contribution < -0.4 is 9.00 Å². The molecule has 0 spiro atoms. The zero-order valence-electron chi connectivity index (χ0n) is 17.8. The summed E-state index contributed by atoms with van der Waals surface area (Å²) in [4.78, 5) is 5.61. The molecule has 0 nitrogen and oxygen atoms in total. The first-order valence-corrected chi connectivity index (χ1v) is 18.0. The zero-order valence-corrected chi connectivity index (χ0v) is 25.2. The molecule has 0 aliphatic rings. The van der Waals surface area contributed by atoms with Crippen molar-refractivity contribution in [2.45, 2.75) is 51.6 Å². The molecule has 0 fully saturated rings. The molecule has 0 aliphatic carbocycles. The number of hydrogen-bond donors (Lipinski definition) is 0. The van der Waals surface area contributed by atoms with Crippen LogP contribution in [0.25, 0.3) is 19.5 Å². The number of thiophene rings is 4. The van der Waals surface area contributed by atoms with Crippen LogP contribution in [-0.4, -0.2) is 8.07 Å². The summed E-state index contributed by atoms with van der Waals surface area (Å²) in [6.07, 6.45) is 5.19. The fourth-order valence-electron chi connectivity index (χ4n) is 4.04. The summed E-state index contributed by atoms with van der Waals surface area (Å²) in [5.74, 6) is 0. The van der Waals surface area contributed by atoms with Gasteiger partial charge in [-0.15, -0.1) is 45.3 Å². The third-order valence-corrected chi connectivity index (χ3v) is 18.7. The maximum atomic E-state index is 3.64. The summed E-state index contributed by atoms with van der Waals surface area (Å²) >= 11 is 15.1. The molecule has 4 aromatic heterocycles. The largest absolute Gasteiger partial charge is 0.144 e. The quantitative estimate of drug-likeness (QED) is 0.153. The van der Waals surface area contributed by atoms with Crippen LogP contribution in [0.4, 0.5) is 0 Å². The fraction of sp³-hybridized carbons (Fsp3) is 0.333.